The van der Waals surface area contributed by atoms with E-state index in [1.54, 1.807) is 0 Å². The highest BCUT2D eigenvalue weighted by Gasteiger charge is 2.04. The molecule has 0 saturated carbocycles. The molecule has 5 nitrogen and oxygen atoms in total. The molecule has 1 aromatic rings. The van der Waals surface area contributed by atoms with Crippen molar-refractivity contribution in [2.45, 2.75) is 0 Å². The van der Waals surface area contributed by atoms with Crippen molar-refractivity contribution >= 4 is 28.6 Å². The highest BCUT2D eigenvalue weighted by molar-refractivity contribution is 14.1. The molecule has 0 atom stereocenters. The fraction of sp³-hybridized carbons (Fsp3) is 0.167. The maximum Gasteiger partial charge on any atom is 0.355 e. The van der Waals surface area contributed by atoms with Crippen LogP contribution in [0.1, 0.15) is 0 Å². The molecule has 12 heavy (non-hydrogen) atoms. The van der Waals surface area contributed by atoms with Gasteiger partial charge in [-0.2, -0.15) is 0 Å². The van der Waals surface area contributed by atoms with Crippen molar-refractivity contribution in [1.82, 2.24) is 14.9 Å². The zero-order chi connectivity index (χ0) is 9.14. The Labute approximate surface area is 81.9 Å². The first kappa shape index (κ1) is 9.17. The third-order valence-electron chi connectivity index (χ3n) is 1.19. The Morgan fingerprint density at radius 1 is 1.75 bits per heavy atom. The van der Waals surface area contributed by atoms with Crippen LogP contribution >= 0.6 is 22.6 Å². The summed E-state index contributed by atoms with van der Waals surface area (Å²) in [5.41, 5.74) is -0.574. The lowest BCUT2D eigenvalue weighted by molar-refractivity contribution is 0.243. The van der Waals surface area contributed by atoms with Crippen LogP contribution < -0.4 is 11.0 Å². The number of carbonyl (C=O) groups is 1. The summed E-state index contributed by atoms with van der Waals surface area (Å²) in [4.78, 5) is 25.4. The molecule has 0 aliphatic heterocycles. The van der Waals surface area contributed by atoms with Crippen molar-refractivity contribution in [2.24, 2.45) is 0 Å². The number of nitrogens with one attached hydrogen (secondary N) is 1. The van der Waals surface area contributed by atoms with Crippen LogP contribution in [0, 0.1) is 3.57 Å². The standard InChI is InChI=1S/C6H6IN3O2/c1-8-5(11)10-3-4(7)2-9-6(10)12/h2-3H,1H3,(H,8,11). The van der Waals surface area contributed by atoms with Crippen LogP contribution in [0.25, 0.3) is 0 Å². The van der Waals surface area contributed by atoms with E-state index in [4.69, 9.17) is 0 Å². The van der Waals surface area contributed by atoms with Crippen LogP contribution in [0.15, 0.2) is 17.2 Å². The van der Waals surface area contributed by atoms with E-state index in [0.29, 0.717) is 0 Å². The van der Waals surface area contributed by atoms with Crippen molar-refractivity contribution in [1.29, 1.82) is 0 Å². The second kappa shape index (κ2) is 3.65. The zero-order valence-electron chi connectivity index (χ0n) is 6.24. The van der Waals surface area contributed by atoms with Crippen LogP contribution in [0.4, 0.5) is 4.79 Å². The number of amides is 1. The third kappa shape index (κ3) is 1.81. The maximum absolute atomic E-state index is 11.0. The highest BCUT2D eigenvalue weighted by Crippen LogP contribution is 1.96. The molecule has 64 valence electrons. The molecule has 0 aliphatic carbocycles. The Hall–Kier alpha value is -0.920. The SMILES string of the molecule is CNC(=O)n1cc(I)cnc1=O. The Morgan fingerprint density at radius 2 is 2.42 bits per heavy atom. The summed E-state index contributed by atoms with van der Waals surface area (Å²) in [6.07, 6.45) is 2.83. The number of rotatable bonds is 0. The molecule has 1 N–H and O–H groups in total. The summed E-state index contributed by atoms with van der Waals surface area (Å²) < 4.78 is 1.65. The van der Waals surface area contributed by atoms with Gasteiger partial charge in [0.05, 0.1) is 0 Å². The minimum absolute atomic E-state index is 0.481. The molecule has 0 unspecified atom stereocenters. The largest absolute Gasteiger partial charge is 0.355 e. The number of nitrogens with zero attached hydrogens (tertiary/aromatic N) is 2. The topological polar surface area (TPSA) is 64.0 Å². The monoisotopic (exact) mass is 279 g/mol. The smallest absolute Gasteiger partial charge is 0.340 e. The normalized spacial score (nSPS) is 9.50. The molecule has 0 aliphatic rings. The summed E-state index contributed by atoms with van der Waals surface area (Å²) in [7, 11) is 1.45. The second-order valence-electron chi connectivity index (χ2n) is 1.98. The van der Waals surface area contributed by atoms with Gasteiger partial charge in [0.25, 0.3) is 0 Å². The summed E-state index contributed by atoms with van der Waals surface area (Å²) in [5.74, 6) is 0. The molecule has 1 amide bonds. The quantitative estimate of drug-likeness (QED) is 0.682. The van der Waals surface area contributed by atoms with E-state index in [1.807, 2.05) is 22.6 Å². The van der Waals surface area contributed by atoms with Gasteiger partial charge >= 0.3 is 11.7 Å². The average molecular weight is 279 g/mol. The van der Waals surface area contributed by atoms with E-state index < -0.39 is 11.7 Å². The molecule has 0 fully saturated rings. The van der Waals surface area contributed by atoms with E-state index in [0.717, 1.165) is 8.14 Å². The fourth-order valence-electron chi connectivity index (χ4n) is 0.657. The lowest BCUT2D eigenvalue weighted by Gasteiger charge is -2.01. The van der Waals surface area contributed by atoms with Crippen molar-refractivity contribution in [2.75, 3.05) is 7.05 Å². The van der Waals surface area contributed by atoms with Crippen LogP contribution in [0.5, 0.6) is 0 Å². The van der Waals surface area contributed by atoms with Crippen molar-refractivity contribution < 1.29 is 4.79 Å². The van der Waals surface area contributed by atoms with Gasteiger partial charge in [0.1, 0.15) is 0 Å². The van der Waals surface area contributed by atoms with Crippen LogP contribution in [0.3, 0.4) is 0 Å². The third-order valence-corrected chi connectivity index (χ3v) is 1.75. The van der Waals surface area contributed by atoms with Crippen molar-refractivity contribution in [3.8, 4) is 0 Å². The van der Waals surface area contributed by atoms with E-state index in [9.17, 15) is 9.59 Å². The van der Waals surface area contributed by atoms with Crippen molar-refractivity contribution in [3.63, 3.8) is 0 Å². The molecule has 1 aromatic heterocycles. The van der Waals surface area contributed by atoms with Crippen LogP contribution in [0.2, 0.25) is 0 Å². The molecule has 1 rings (SSSR count). The van der Waals surface area contributed by atoms with E-state index in [1.165, 1.54) is 19.4 Å². The van der Waals surface area contributed by atoms with Crippen LogP contribution in [-0.4, -0.2) is 22.6 Å². The lowest BCUT2D eigenvalue weighted by atomic mass is 10.6. The first-order valence-corrected chi connectivity index (χ1v) is 4.19. The predicted molar refractivity (Wildman–Crippen MR) is 51.1 cm³/mol. The zero-order valence-corrected chi connectivity index (χ0v) is 8.40. The molecule has 0 spiro atoms. The average Bonchev–Trinajstić information content (AvgIpc) is 2.08. The molecular weight excluding hydrogens is 273 g/mol. The first-order chi connectivity index (χ1) is 5.65. The maximum atomic E-state index is 11.0. The minimum Gasteiger partial charge on any atom is -0.340 e. The Balaban J connectivity index is 3.23. The predicted octanol–water partition coefficient (Wildman–Crippen LogP) is 0.0354. The second-order valence-corrected chi connectivity index (χ2v) is 3.23. The Bertz CT molecular complexity index is 360. The summed E-state index contributed by atoms with van der Waals surface area (Å²) >= 11 is 1.97. The number of hydrogen-bond acceptors (Lipinski definition) is 3. The number of aromatic nitrogens is 2. The van der Waals surface area contributed by atoms with Gasteiger partial charge in [-0.05, 0) is 22.6 Å². The molecule has 0 saturated heterocycles. The van der Waals surface area contributed by atoms with Gasteiger partial charge in [0.15, 0.2) is 0 Å². The van der Waals surface area contributed by atoms with E-state index >= 15 is 0 Å². The molecule has 6 heteroatoms. The van der Waals surface area contributed by atoms with Crippen molar-refractivity contribution in [3.05, 3.63) is 26.4 Å². The van der Waals surface area contributed by atoms with E-state index in [2.05, 4.69) is 10.3 Å². The molecular formula is C6H6IN3O2. The molecule has 0 radical (unpaired) electrons. The van der Waals surface area contributed by atoms with Gasteiger partial charge in [-0.25, -0.2) is 19.1 Å². The summed E-state index contributed by atoms with van der Waals surface area (Å²) in [6, 6.07) is -0.481. The Morgan fingerprint density at radius 3 is 3.00 bits per heavy atom. The first-order valence-electron chi connectivity index (χ1n) is 3.11. The van der Waals surface area contributed by atoms with Gasteiger partial charge in [-0.1, -0.05) is 0 Å². The van der Waals surface area contributed by atoms with Crippen LogP contribution in [-0.2, 0) is 0 Å². The van der Waals surface area contributed by atoms with Gasteiger partial charge < -0.3 is 5.32 Å². The van der Waals surface area contributed by atoms with Gasteiger partial charge in [0, 0.05) is 23.0 Å². The van der Waals surface area contributed by atoms with Gasteiger partial charge in [-0.15, -0.1) is 0 Å². The minimum atomic E-state index is -0.574. The van der Waals surface area contributed by atoms with Gasteiger partial charge in [-0.3, -0.25) is 0 Å². The molecule has 0 aromatic carbocycles. The summed E-state index contributed by atoms with van der Waals surface area (Å²) in [6.45, 7) is 0. The van der Waals surface area contributed by atoms with Gasteiger partial charge in [0.2, 0.25) is 0 Å². The lowest BCUT2D eigenvalue weighted by Crippen LogP contribution is -2.35. The number of carbonyl (C=O) groups excluding carboxylic acids is 1. The Kier molecular flexibility index (Phi) is 2.79. The molecule has 1 heterocycles. The molecule has 0 bridgehead atoms. The highest BCUT2D eigenvalue weighted by atomic mass is 127. The fourth-order valence-corrected chi connectivity index (χ4v) is 1.07. The number of hydrogen-bond donors (Lipinski definition) is 1. The summed E-state index contributed by atoms with van der Waals surface area (Å²) in [5, 5.41) is 2.33. The number of halogens is 1. The van der Waals surface area contributed by atoms with E-state index in [-0.39, 0.29) is 0 Å².